The Hall–Kier alpha value is -3.00. The number of anilines is 1. The molecule has 8 heteroatoms. The van der Waals surface area contributed by atoms with Gasteiger partial charge in [0.2, 0.25) is 11.1 Å². The molecular formula is C20H22N4O3S. The van der Waals surface area contributed by atoms with E-state index in [4.69, 9.17) is 9.47 Å². The van der Waals surface area contributed by atoms with Gasteiger partial charge in [0, 0.05) is 5.69 Å². The van der Waals surface area contributed by atoms with Crippen molar-refractivity contribution in [1.82, 2.24) is 15.2 Å². The zero-order chi connectivity index (χ0) is 19.9. The Balaban J connectivity index is 1.51. The molecule has 0 aliphatic rings. The Morgan fingerprint density at radius 3 is 2.68 bits per heavy atom. The van der Waals surface area contributed by atoms with Gasteiger partial charge in [0.1, 0.15) is 18.1 Å². The van der Waals surface area contributed by atoms with Crippen molar-refractivity contribution < 1.29 is 14.3 Å². The Morgan fingerprint density at radius 2 is 1.96 bits per heavy atom. The summed E-state index contributed by atoms with van der Waals surface area (Å²) in [5, 5.41) is 10.0. The lowest BCUT2D eigenvalue weighted by Gasteiger charge is -2.10. The summed E-state index contributed by atoms with van der Waals surface area (Å²) in [4.78, 5) is 16.8. The number of rotatable bonds is 8. The molecule has 1 aromatic heterocycles. The maximum atomic E-state index is 12.4. The molecule has 0 aliphatic carbocycles. The van der Waals surface area contributed by atoms with Crippen LogP contribution in [0.3, 0.4) is 0 Å². The number of methoxy groups -OCH3 is 1. The van der Waals surface area contributed by atoms with Crippen molar-refractivity contribution in [3.05, 3.63) is 59.9 Å². The lowest BCUT2D eigenvalue weighted by molar-refractivity contribution is -0.115. The van der Waals surface area contributed by atoms with E-state index in [-0.39, 0.29) is 17.8 Å². The summed E-state index contributed by atoms with van der Waals surface area (Å²) in [5.74, 6) is 2.02. The number of aryl methyl sites for hydroxylation is 1. The van der Waals surface area contributed by atoms with Gasteiger partial charge in [0.25, 0.3) is 0 Å². The Morgan fingerprint density at radius 1 is 1.21 bits per heavy atom. The van der Waals surface area contributed by atoms with Gasteiger partial charge in [0.15, 0.2) is 5.82 Å². The summed E-state index contributed by atoms with van der Waals surface area (Å²) < 4.78 is 10.9. The summed E-state index contributed by atoms with van der Waals surface area (Å²) in [6.07, 6.45) is 0. The molecule has 2 N–H and O–H groups in total. The van der Waals surface area contributed by atoms with Crippen LogP contribution in [0, 0.1) is 6.92 Å². The molecule has 0 radical (unpaired) electrons. The number of aromatic amines is 1. The molecular weight excluding hydrogens is 376 g/mol. The zero-order valence-electron chi connectivity index (χ0n) is 15.9. The van der Waals surface area contributed by atoms with Crippen molar-refractivity contribution in [2.45, 2.75) is 30.9 Å². The Kier molecular flexibility index (Phi) is 6.54. The number of nitrogens with zero attached hydrogens (tertiary/aromatic N) is 2. The number of carbonyl (C=O) groups excluding carboxylic acids is 1. The molecule has 0 bridgehead atoms. The maximum Gasteiger partial charge on any atom is 0.237 e. The number of H-pyrrole nitrogens is 1. The van der Waals surface area contributed by atoms with Crippen molar-refractivity contribution in [2.24, 2.45) is 0 Å². The predicted octanol–water partition coefficient (Wildman–Crippen LogP) is 3.82. The highest BCUT2D eigenvalue weighted by Gasteiger charge is 2.17. The second-order valence-corrected chi connectivity index (χ2v) is 7.40. The van der Waals surface area contributed by atoms with Gasteiger partial charge in [-0.05, 0) is 49.7 Å². The first-order valence-electron chi connectivity index (χ1n) is 8.76. The van der Waals surface area contributed by atoms with Crippen LogP contribution in [-0.4, -0.2) is 33.4 Å². The Labute approximate surface area is 167 Å². The molecule has 3 rings (SSSR count). The number of benzene rings is 2. The molecule has 0 saturated heterocycles. The zero-order valence-corrected chi connectivity index (χ0v) is 16.7. The van der Waals surface area contributed by atoms with Gasteiger partial charge in [-0.2, -0.15) is 0 Å². The van der Waals surface area contributed by atoms with E-state index in [0.29, 0.717) is 16.7 Å². The predicted molar refractivity (Wildman–Crippen MR) is 109 cm³/mol. The second-order valence-electron chi connectivity index (χ2n) is 6.10. The molecule has 28 heavy (non-hydrogen) atoms. The van der Waals surface area contributed by atoms with Gasteiger partial charge in [-0.3, -0.25) is 9.89 Å². The van der Waals surface area contributed by atoms with E-state index in [1.165, 1.54) is 11.8 Å². The monoisotopic (exact) mass is 398 g/mol. The van der Waals surface area contributed by atoms with E-state index in [0.717, 1.165) is 17.1 Å². The highest BCUT2D eigenvalue weighted by atomic mass is 32.2. The van der Waals surface area contributed by atoms with E-state index in [1.54, 1.807) is 31.4 Å². The fourth-order valence-corrected chi connectivity index (χ4v) is 3.13. The van der Waals surface area contributed by atoms with Crippen LogP contribution < -0.4 is 14.8 Å². The SMILES string of the molecule is COc1ccc(NC(=O)[C@@H](C)Sc2n[nH]c(COc3ccccc3C)n2)cc1. The van der Waals surface area contributed by atoms with Crippen LogP contribution in [0.2, 0.25) is 0 Å². The van der Waals surface area contributed by atoms with Crippen LogP contribution >= 0.6 is 11.8 Å². The third-order valence-electron chi connectivity index (χ3n) is 3.98. The molecule has 3 aromatic rings. The average Bonchev–Trinajstić information content (AvgIpc) is 3.15. The van der Waals surface area contributed by atoms with Gasteiger partial charge < -0.3 is 14.8 Å². The van der Waals surface area contributed by atoms with E-state index in [1.807, 2.05) is 38.1 Å². The first-order chi connectivity index (χ1) is 13.5. The topological polar surface area (TPSA) is 89.1 Å². The van der Waals surface area contributed by atoms with E-state index in [9.17, 15) is 4.79 Å². The minimum Gasteiger partial charge on any atom is -0.497 e. The number of carbonyl (C=O) groups is 1. The maximum absolute atomic E-state index is 12.4. The first kappa shape index (κ1) is 19.8. The highest BCUT2D eigenvalue weighted by molar-refractivity contribution is 8.00. The summed E-state index contributed by atoms with van der Waals surface area (Å²) >= 11 is 1.28. The summed E-state index contributed by atoms with van der Waals surface area (Å²) in [6, 6.07) is 15.0. The summed E-state index contributed by atoms with van der Waals surface area (Å²) in [5.41, 5.74) is 1.76. The minimum atomic E-state index is -0.358. The van der Waals surface area contributed by atoms with Gasteiger partial charge in [-0.25, -0.2) is 4.98 Å². The van der Waals surface area contributed by atoms with Crippen molar-refractivity contribution >= 4 is 23.4 Å². The fourth-order valence-electron chi connectivity index (χ4n) is 2.39. The van der Waals surface area contributed by atoms with Crippen LogP contribution in [0.4, 0.5) is 5.69 Å². The third-order valence-corrected chi connectivity index (χ3v) is 4.94. The summed E-state index contributed by atoms with van der Waals surface area (Å²) in [6.45, 7) is 4.08. The first-order valence-corrected chi connectivity index (χ1v) is 9.64. The third kappa shape index (κ3) is 5.26. The lowest BCUT2D eigenvalue weighted by Crippen LogP contribution is -2.22. The molecule has 1 amide bonds. The minimum absolute atomic E-state index is 0.127. The van der Waals surface area contributed by atoms with Crippen LogP contribution in [-0.2, 0) is 11.4 Å². The van der Waals surface area contributed by atoms with Crippen molar-refractivity contribution in [1.29, 1.82) is 0 Å². The van der Waals surface area contributed by atoms with Gasteiger partial charge in [0.05, 0.1) is 12.4 Å². The normalized spacial score (nSPS) is 11.7. The number of para-hydroxylation sites is 1. The number of hydrogen-bond acceptors (Lipinski definition) is 6. The molecule has 0 aliphatic heterocycles. The number of ether oxygens (including phenoxy) is 2. The molecule has 0 fully saturated rings. The van der Waals surface area contributed by atoms with Crippen LogP contribution in [0.15, 0.2) is 53.7 Å². The smallest absolute Gasteiger partial charge is 0.237 e. The van der Waals surface area contributed by atoms with E-state index >= 15 is 0 Å². The van der Waals surface area contributed by atoms with Crippen LogP contribution in [0.25, 0.3) is 0 Å². The number of amides is 1. The van der Waals surface area contributed by atoms with E-state index in [2.05, 4.69) is 20.5 Å². The highest BCUT2D eigenvalue weighted by Crippen LogP contribution is 2.22. The lowest BCUT2D eigenvalue weighted by atomic mass is 10.2. The fraction of sp³-hybridized carbons (Fsp3) is 0.250. The van der Waals surface area contributed by atoms with Gasteiger partial charge in [-0.15, -0.1) is 5.10 Å². The van der Waals surface area contributed by atoms with E-state index < -0.39 is 0 Å². The quantitative estimate of drug-likeness (QED) is 0.561. The number of nitrogens with one attached hydrogen (secondary N) is 2. The molecule has 0 spiro atoms. The summed E-state index contributed by atoms with van der Waals surface area (Å²) in [7, 11) is 1.60. The van der Waals surface area contributed by atoms with Crippen molar-refractivity contribution in [3.8, 4) is 11.5 Å². The molecule has 0 unspecified atom stereocenters. The van der Waals surface area contributed by atoms with Crippen molar-refractivity contribution in [3.63, 3.8) is 0 Å². The molecule has 2 aromatic carbocycles. The Bertz CT molecular complexity index is 927. The second kappa shape index (κ2) is 9.27. The molecule has 146 valence electrons. The largest absolute Gasteiger partial charge is 0.497 e. The average molecular weight is 398 g/mol. The number of aromatic nitrogens is 3. The molecule has 1 heterocycles. The van der Waals surface area contributed by atoms with Gasteiger partial charge in [-0.1, -0.05) is 30.0 Å². The number of thioether (sulfide) groups is 1. The molecule has 1 atom stereocenters. The van der Waals surface area contributed by atoms with Crippen LogP contribution in [0.5, 0.6) is 11.5 Å². The van der Waals surface area contributed by atoms with Crippen LogP contribution in [0.1, 0.15) is 18.3 Å². The standard InChI is InChI=1S/C20H22N4O3S/c1-13-6-4-5-7-17(13)27-12-18-22-20(24-23-18)28-14(2)19(25)21-15-8-10-16(26-3)11-9-15/h4-11,14H,12H2,1-3H3,(H,21,25)(H,22,23,24)/t14-/m1/s1. The number of hydrogen-bond donors (Lipinski definition) is 2. The molecule has 7 nitrogen and oxygen atoms in total. The molecule has 0 saturated carbocycles. The van der Waals surface area contributed by atoms with Gasteiger partial charge >= 0.3 is 0 Å². The van der Waals surface area contributed by atoms with Crippen molar-refractivity contribution in [2.75, 3.05) is 12.4 Å².